The van der Waals surface area contributed by atoms with Gasteiger partial charge < -0.3 is 14.5 Å². The second-order valence-corrected chi connectivity index (χ2v) is 5.04. The van der Waals surface area contributed by atoms with Crippen molar-refractivity contribution in [1.82, 2.24) is 9.80 Å². The highest BCUT2D eigenvalue weighted by molar-refractivity contribution is 14.0. The lowest BCUT2D eigenvalue weighted by molar-refractivity contribution is 0.204. The fourth-order valence-electron chi connectivity index (χ4n) is 1.85. The molecule has 0 spiro atoms. The Bertz CT molecular complexity index is 442. The highest BCUT2D eigenvalue weighted by Crippen LogP contribution is 2.15. The van der Waals surface area contributed by atoms with Crippen LogP contribution in [0.4, 0.5) is 4.39 Å². The minimum atomic E-state index is -0.289. The third-order valence-electron chi connectivity index (χ3n) is 2.79. The second kappa shape index (κ2) is 9.81. The van der Waals surface area contributed by atoms with E-state index in [2.05, 4.69) is 4.99 Å². The molecule has 0 aliphatic carbocycles. The first-order chi connectivity index (χ1) is 9.43. The van der Waals surface area contributed by atoms with Crippen molar-refractivity contribution in [2.45, 2.75) is 19.4 Å². The Labute approximate surface area is 144 Å². The first kappa shape index (κ1) is 19.9. The van der Waals surface area contributed by atoms with E-state index in [4.69, 9.17) is 4.74 Å². The molecule has 4 nitrogen and oxygen atoms in total. The van der Waals surface area contributed by atoms with E-state index in [1.807, 2.05) is 44.9 Å². The number of hydrogen-bond acceptors (Lipinski definition) is 2. The average Bonchev–Trinajstić information content (AvgIpc) is 2.36. The van der Waals surface area contributed by atoms with Crippen LogP contribution in [-0.2, 0) is 0 Å². The van der Waals surface area contributed by atoms with Crippen LogP contribution in [0, 0.1) is 5.82 Å². The van der Waals surface area contributed by atoms with Gasteiger partial charge in [0.05, 0.1) is 6.54 Å². The van der Waals surface area contributed by atoms with Crippen LogP contribution in [0.25, 0.3) is 0 Å². The van der Waals surface area contributed by atoms with Crippen LogP contribution in [0.3, 0.4) is 0 Å². The van der Waals surface area contributed by atoms with Gasteiger partial charge in [0, 0.05) is 34.3 Å². The minimum absolute atomic E-state index is 0. The maximum Gasteiger partial charge on any atom is 0.195 e. The molecule has 6 heteroatoms. The molecule has 0 amide bonds. The van der Waals surface area contributed by atoms with Gasteiger partial charge in [0.25, 0.3) is 0 Å². The van der Waals surface area contributed by atoms with Crippen LogP contribution in [0.2, 0.25) is 0 Å². The molecule has 0 fully saturated rings. The molecule has 1 atom stereocenters. The molecule has 0 aliphatic heterocycles. The highest BCUT2D eigenvalue weighted by atomic mass is 127. The summed E-state index contributed by atoms with van der Waals surface area (Å²) in [5, 5.41) is 0. The van der Waals surface area contributed by atoms with Gasteiger partial charge in [-0.3, -0.25) is 0 Å². The van der Waals surface area contributed by atoms with E-state index in [1.165, 1.54) is 12.1 Å². The van der Waals surface area contributed by atoms with E-state index in [1.54, 1.807) is 12.1 Å². The zero-order valence-electron chi connectivity index (χ0n) is 13.3. The Balaban J connectivity index is 0.00000400. The summed E-state index contributed by atoms with van der Waals surface area (Å²) in [5.41, 5.74) is 0. The van der Waals surface area contributed by atoms with Crippen LogP contribution in [-0.4, -0.2) is 56.6 Å². The zero-order chi connectivity index (χ0) is 15.1. The summed E-state index contributed by atoms with van der Waals surface area (Å²) in [4.78, 5) is 8.47. The fourth-order valence-corrected chi connectivity index (χ4v) is 1.85. The molecule has 1 rings (SSSR count). The summed E-state index contributed by atoms with van der Waals surface area (Å²) in [7, 11) is 7.81. The number of rotatable bonds is 5. The summed E-state index contributed by atoms with van der Waals surface area (Å²) in [6.07, 6.45) is 0.750. The zero-order valence-corrected chi connectivity index (χ0v) is 15.7. The molecule has 0 heterocycles. The highest BCUT2D eigenvalue weighted by Gasteiger charge is 2.10. The van der Waals surface area contributed by atoms with E-state index in [-0.39, 0.29) is 35.9 Å². The standard InChI is InChI=1S/C15H24FN3O.HI/c1-6-13(11-17-15(18(2)3)19(4)5)20-14-9-7-8-12(16)10-14;/h7-10,13H,6,11H2,1-5H3;1H. The first-order valence-electron chi connectivity index (χ1n) is 6.75. The number of halogens is 2. The summed E-state index contributed by atoms with van der Waals surface area (Å²) in [6.45, 7) is 2.57. The molecule has 1 aromatic rings. The van der Waals surface area contributed by atoms with Crippen molar-refractivity contribution in [1.29, 1.82) is 0 Å². The van der Waals surface area contributed by atoms with Gasteiger partial charge in [-0.25, -0.2) is 9.38 Å². The number of ether oxygens (including phenoxy) is 1. The topological polar surface area (TPSA) is 28.1 Å². The van der Waals surface area contributed by atoms with Crippen molar-refractivity contribution in [3.8, 4) is 5.75 Å². The summed E-state index contributed by atoms with van der Waals surface area (Å²) >= 11 is 0. The molecular weight excluding hydrogens is 384 g/mol. The van der Waals surface area contributed by atoms with Crippen LogP contribution < -0.4 is 4.74 Å². The lowest BCUT2D eigenvalue weighted by Crippen LogP contribution is -2.36. The molecule has 0 saturated heterocycles. The lowest BCUT2D eigenvalue weighted by atomic mass is 10.2. The maximum atomic E-state index is 13.1. The van der Waals surface area contributed by atoms with Gasteiger partial charge in [0.1, 0.15) is 17.7 Å². The molecule has 0 aliphatic rings. The van der Waals surface area contributed by atoms with Gasteiger partial charge in [-0.2, -0.15) is 0 Å². The third kappa shape index (κ3) is 6.97. The van der Waals surface area contributed by atoms with Crippen LogP contribution in [0.5, 0.6) is 5.75 Å². The number of aliphatic imine (C=N–C) groups is 1. The number of guanidine groups is 1. The number of nitrogens with zero attached hydrogens (tertiary/aromatic N) is 3. The Morgan fingerprint density at radius 2 is 1.86 bits per heavy atom. The van der Waals surface area contributed by atoms with Gasteiger partial charge in [-0.15, -0.1) is 24.0 Å². The van der Waals surface area contributed by atoms with Crippen molar-refractivity contribution in [3.63, 3.8) is 0 Å². The molecular formula is C15H25FIN3O. The molecule has 0 bridgehead atoms. The van der Waals surface area contributed by atoms with Gasteiger partial charge in [0.15, 0.2) is 5.96 Å². The lowest BCUT2D eigenvalue weighted by Gasteiger charge is -2.24. The molecule has 21 heavy (non-hydrogen) atoms. The van der Waals surface area contributed by atoms with Crippen molar-refractivity contribution in [2.24, 2.45) is 4.99 Å². The van der Waals surface area contributed by atoms with Crippen molar-refractivity contribution < 1.29 is 9.13 Å². The van der Waals surface area contributed by atoms with E-state index in [0.29, 0.717) is 12.3 Å². The molecule has 0 N–H and O–H groups in total. The second-order valence-electron chi connectivity index (χ2n) is 5.04. The normalized spacial score (nSPS) is 11.1. The largest absolute Gasteiger partial charge is 0.488 e. The Morgan fingerprint density at radius 1 is 1.24 bits per heavy atom. The van der Waals surface area contributed by atoms with Crippen LogP contribution >= 0.6 is 24.0 Å². The van der Waals surface area contributed by atoms with Crippen LogP contribution in [0.15, 0.2) is 29.3 Å². The summed E-state index contributed by atoms with van der Waals surface area (Å²) < 4.78 is 18.9. The molecule has 120 valence electrons. The van der Waals surface area contributed by atoms with Crippen molar-refractivity contribution >= 4 is 29.9 Å². The molecule has 0 saturated carbocycles. The van der Waals surface area contributed by atoms with Gasteiger partial charge in [-0.05, 0) is 18.6 Å². The minimum Gasteiger partial charge on any atom is -0.488 e. The van der Waals surface area contributed by atoms with Crippen LogP contribution in [0.1, 0.15) is 13.3 Å². The van der Waals surface area contributed by atoms with E-state index in [0.717, 1.165) is 12.4 Å². The number of hydrogen-bond donors (Lipinski definition) is 0. The molecule has 0 aromatic heterocycles. The van der Waals surface area contributed by atoms with Gasteiger partial charge in [0.2, 0.25) is 0 Å². The molecule has 1 unspecified atom stereocenters. The summed E-state index contributed by atoms with van der Waals surface area (Å²) in [6, 6.07) is 6.20. The van der Waals surface area contributed by atoms with E-state index < -0.39 is 0 Å². The van der Waals surface area contributed by atoms with Crippen molar-refractivity contribution in [2.75, 3.05) is 34.7 Å². The monoisotopic (exact) mass is 409 g/mol. The smallest absolute Gasteiger partial charge is 0.195 e. The maximum absolute atomic E-state index is 13.1. The van der Waals surface area contributed by atoms with E-state index in [9.17, 15) is 4.39 Å². The van der Waals surface area contributed by atoms with Crippen molar-refractivity contribution in [3.05, 3.63) is 30.1 Å². The van der Waals surface area contributed by atoms with E-state index >= 15 is 0 Å². The Kier molecular flexibility index (Phi) is 9.32. The average molecular weight is 409 g/mol. The SMILES string of the molecule is CCC(CN=C(N(C)C)N(C)C)Oc1cccc(F)c1.I. The van der Waals surface area contributed by atoms with Gasteiger partial charge >= 0.3 is 0 Å². The quantitative estimate of drug-likeness (QED) is 0.425. The summed E-state index contributed by atoms with van der Waals surface area (Å²) in [5.74, 6) is 1.14. The predicted molar refractivity (Wildman–Crippen MR) is 96.2 cm³/mol. The predicted octanol–water partition coefficient (Wildman–Crippen LogP) is 3.08. The number of benzene rings is 1. The molecule has 0 radical (unpaired) electrons. The third-order valence-corrected chi connectivity index (χ3v) is 2.79. The Hall–Kier alpha value is -1.05. The van der Waals surface area contributed by atoms with Gasteiger partial charge in [-0.1, -0.05) is 13.0 Å². The first-order valence-corrected chi connectivity index (χ1v) is 6.75. The molecule has 1 aromatic carbocycles. The Morgan fingerprint density at radius 3 is 2.33 bits per heavy atom. The fraction of sp³-hybridized carbons (Fsp3) is 0.533.